The van der Waals surface area contributed by atoms with E-state index in [0.29, 0.717) is 0 Å². The molecule has 0 amide bonds. The molecule has 0 aromatic heterocycles. The molecule has 0 fully saturated rings. The zero-order valence-electron chi connectivity index (χ0n) is 5.78. The molecule has 0 radical (unpaired) electrons. The van der Waals surface area contributed by atoms with E-state index in [4.69, 9.17) is 16.1 Å². The molecule has 0 saturated carbocycles. The Hall–Kier alpha value is -1.14. The second-order valence-electron chi connectivity index (χ2n) is 1.99. The first-order valence-corrected chi connectivity index (χ1v) is 2.98. The SMILES string of the molecule is NNC(CCC(=O)O)C(=O)O. The van der Waals surface area contributed by atoms with Crippen molar-refractivity contribution in [2.45, 2.75) is 18.9 Å². The van der Waals surface area contributed by atoms with Gasteiger partial charge in [-0.3, -0.25) is 15.4 Å². The summed E-state index contributed by atoms with van der Waals surface area (Å²) < 4.78 is 0. The summed E-state index contributed by atoms with van der Waals surface area (Å²) in [5.74, 6) is 2.66. The minimum Gasteiger partial charge on any atom is -0.481 e. The van der Waals surface area contributed by atoms with Gasteiger partial charge in [-0.05, 0) is 6.42 Å². The first kappa shape index (κ1) is 9.86. The fraction of sp³-hybridized carbons (Fsp3) is 0.600. The van der Waals surface area contributed by atoms with Crippen molar-refractivity contribution in [1.29, 1.82) is 0 Å². The molecule has 0 aromatic rings. The number of nitrogens with one attached hydrogen (secondary N) is 1. The lowest BCUT2D eigenvalue weighted by Gasteiger charge is -2.07. The van der Waals surface area contributed by atoms with Crippen molar-refractivity contribution in [3.05, 3.63) is 0 Å². The van der Waals surface area contributed by atoms with Crippen LogP contribution in [0, 0.1) is 0 Å². The molecule has 0 rings (SSSR count). The summed E-state index contributed by atoms with van der Waals surface area (Å²) in [6, 6.07) is -0.980. The maximum atomic E-state index is 10.2. The Labute approximate surface area is 63.0 Å². The third-order valence-corrected chi connectivity index (χ3v) is 1.15. The van der Waals surface area contributed by atoms with E-state index in [1.807, 2.05) is 5.43 Å². The van der Waals surface area contributed by atoms with Gasteiger partial charge in [0.1, 0.15) is 6.04 Å². The van der Waals surface area contributed by atoms with E-state index in [1.165, 1.54) is 0 Å². The minimum absolute atomic E-state index is 0.0127. The Balaban J connectivity index is 3.70. The predicted octanol–water partition coefficient (Wildman–Crippen LogP) is -1.23. The van der Waals surface area contributed by atoms with Crippen LogP contribution in [0.3, 0.4) is 0 Å². The Morgan fingerprint density at radius 1 is 1.45 bits per heavy atom. The van der Waals surface area contributed by atoms with Gasteiger partial charge < -0.3 is 10.2 Å². The first-order chi connectivity index (χ1) is 5.07. The number of carboxylic acid groups (broad SMARTS) is 2. The zero-order chi connectivity index (χ0) is 8.85. The smallest absolute Gasteiger partial charge is 0.322 e. The summed E-state index contributed by atoms with van der Waals surface area (Å²) >= 11 is 0. The van der Waals surface area contributed by atoms with E-state index in [1.54, 1.807) is 0 Å². The molecule has 0 aliphatic heterocycles. The lowest BCUT2D eigenvalue weighted by atomic mass is 10.2. The highest BCUT2D eigenvalue weighted by Crippen LogP contribution is 1.95. The molecule has 6 heteroatoms. The fourth-order valence-corrected chi connectivity index (χ4v) is 0.546. The zero-order valence-corrected chi connectivity index (χ0v) is 5.78. The van der Waals surface area contributed by atoms with Gasteiger partial charge in [-0.1, -0.05) is 0 Å². The topological polar surface area (TPSA) is 113 Å². The van der Waals surface area contributed by atoms with E-state index < -0.39 is 18.0 Å². The van der Waals surface area contributed by atoms with Crippen LogP contribution >= 0.6 is 0 Å². The average molecular weight is 162 g/mol. The van der Waals surface area contributed by atoms with Crippen LogP contribution in [0.2, 0.25) is 0 Å². The third kappa shape index (κ3) is 4.29. The highest BCUT2D eigenvalue weighted by molar-refractivity contribution is 5.74. The molecule has 1 unspecified atom stereocenters. The number of hydrazine groups is 1. The molecule has 1 atom stereocenters. The van der Waals surface area contributed by atoms with Crippen molar-refractivity contribution in [2.24, 2.45) is 5.84 Å². The molecule has 0 aliphatic carbocycles. The quantitative estimate of drug-likeness (QED) is 0.297. The molecular formula is C5H10N2O4. The molecule has 0 spiro atoms. The Kier molecular flexibility index (Phi) is 4.16. The molecule has 6 nitrogen and oxygen atoms in total. The number of carbonyl (C=O) groups is 2. The number of carboxylic acids is 2. The van der Waals surface area contributed by atoms with Gasteiger partial charge in [0.2, 0.25) is 0 Å². The molecule has 5 N–H and O–H groups in total. The van der Waals surface area contributed by atoms with Crippen molar-refractivity contribution in [3.8, 4) is 0 Å². The van der Waals surface area contributed by atoms with Crippen LogP contribution in [0.5, 0.6) is 0 Å². The van der Waals surface area contributed by atoms with Gasteiger partial charge in [-0.25, -0.2) is 5.43 Å². The Morgan fingerprint density at radius 3 is 2.27 bits per heavy atom. The number of nitrogens with two attached hydrogens (primary N) is 1. The number of hydrogen-bond acceptors (Lipinski definition) is 4. The van der Waals surface area contributed by atoms with Gasteiger partial charge in [0, 0.05) is 6.42 Å². The normalized spacial score (nSPS) is 12.5. The van der Waals surface area contributed by atoms with E-state index in [0.717, 1.165) is 0 Å². The average Bonchev–Trinajstić information content (AvgIpc) is 1.87. The summed E-state index contributed by atoms with van der Waals surface area (Å²) in [4.78, 5) is 20.2. The molecule has 0 bridgehead atoms. The summed E-state index contributed by atoms with van der Waals surface area (Å²) in [6.07, 6.45) is -0.220. The van der Waals surface area contributed by atoms with Gasteiger partial charge >= 0.3 is 11.9 Å². The second kappa shape index (κ2) is 4.64. The number of hydrogen-bond donors (Lipinski definition) is 4. The highest BCUT2D eigenvalue weighted by Gasteiger charge is 2.15. The molecule has 64 valence electrons. The van der Waals surface area contributed by atoms with Crippen molar-refractivity contribution < 1.29 is 19.8 Å². The second-order valence-corrected chi connectivity index (χ2v) is 1.99. The van der Waals surface area contributed by atoms with Crippen LogP contribution in [-0.4, -0.2) is 28.2 Å². The minimum atomic E-state index is -1.14. The number of rotatable bonds is 5. The van der Waals surface area contributed by atoms with E-state index in [-0.39, 0.29) is 12.8 Å². The highest BCUT2D eigenvalue weighted by atomic mass is 16.4. The molecule has 0 aromatic carbocycles. The first-order valence-electron chi connectivity index (χ1n) is 2.98. The largest absolute Gasteiger partial charge is 0.481 e. The maximum absolute atomic E-state index is 10.2. The third-order valence-electron chi connectivity index (χ3n) is 1.15. The number of aliphatic carboxylic acids is 2. The van der Waals surface area contributed by atoms with Crippen LogP contribution < -0.4 is 11.3 Å². The monoisotopic (exact) mass is 162 g/mol. The lowest BCUT2D eigenvalue weighted by Crippen LogP contribution is -2.41. The van der Waals surface area contributed by atoms with Crippen LogP contribution in [0.25, 0.3) is 0 Å². The Morgan fingerprint density at radius 2 is 2.00 bits per heavy atom. The van der Waals surface area contributed by atoms with Crippen molar-refractivity contribution >= 4 is 11.9 Å². The van der Waals surface area contributed by atoms with Gasteiger partial charge in [0.15, 0.2) is 0 Å². The molecule has 0 saturated heterocycles. The molecule has 0 heterocycles. The summed E-state index contributed by atoms with van der Waals surface area (Å²) in [5, 5.41) is 16.5. The molecule has 11 heavy (non-hydrogen) atoms. The summed E-state index contributed by atoms with van der Waals surface area (Å²) in [5.41, 5.74) is 1.99. The molecular weight excluding hydrogens is 152 g/mol. The summed E-state index contributed by atoms with van der Waals surface area (Å²) in [6.45, 7) is 0. The van der Waals surface area contributed by atoms with Gasteiger partial charge in [-0.2, -0.15) is 0 Å². The van der Waals surface area contributed by atoms with Crippen molar-refractivity contribution in [2.75, 3.05) is 0 Å². The van der Waals surface area contributed by atoms with Crippen LogP contribution in [0.1, 0.15) is 12.8 Å². The van der Waals surface area contributed by atoms with E-state index in [2.05, 4.69) is 0 Å². The van der Waals surface area contributed by atoms with Gasteiger partial charge in [-0.15, -0.1) is 0 Å². The van der Waals surface area contributed by atoms with E-state index >= 15 is 0 Å². The lowest BCUT2D eigenvalue weighted by molar-refractivity contribution is -0.140. The van der Waals surface area contributed by atoms with Crippen molar-refractivity contribution in [3.63, 3.8) is 0 Å². The predicted molar refractivity (Wildman–Crippen MR) is 35.6 cm³/mol. The van der Waals surface area contributed by atoms with Gasteiger partial charge in [0.05, 0.1) is 0 Å². The van der Waals surface area contributed by atoms with Crippen LogP contribution in [0.15, 0.2) is 0 Å². The van der Waals surface area contributed by atoms with E-state index in [9.17, 15) is 9.59 Å². The van der Waals surface area contributed by atoms with Crippen LogP contribution in [-0.2, 0) is 9.59 Å². The van der Waals surface area contributed by atoms with Crippen LogP contribution in [0.4, 0.5) is 0 Å². The molecule has 0 aliphatic rings. The fourth-order valence-electron chi connectivity index (χ4n) is 0.546. The standard InChI is InChI=1S/C5H10N2O4/c6-7-3(5(10)11)1-2-4(8)9/h3,7H,1-2,6H2,(H,8,9)(H,10,11). The van der Waals surface area contributed by atoms with Crippen molar-refractivity contribution in [1.82, 2.24) is 5.43 Å². The van der Waals surface area contributed by atoms with Gasteiger partial charge in [0.25, 0.3) is 0 Å². The maximum Gasteiger partial charge on any atom is 0.322 e. The Bertz CT molecular complexity index is 159. The summed E-state index contributed by atoms with van der Waals surface area (Å²) in [7, 11) is 0.